The van der Waals surface area contributed by atoms with Crippen molar-refractivity contribution in [2.45, 2.75) is 31.8 Å². The minimum atomic E-state index is -0.318. The fourth-order valence-electron chi connectivity index (χ4n) is 2.91. The molecule has 2 N–H and O–H groups in total. The molecule has 1 aromatic heterocycles. The zero-order valence-electron chi connectivity index (χ0n) is 11.5. The van der Waals surface area contributed by atoms with Gasteiger partial charge in [0.1, 0.15) is 5.82 Å². The molecular formula is C16H16BrFN2O. The summed E-state index contributed by atoms with van der Waals surface area (Å²) >= 11 is 3.26. The third-order valence-electron chi connectivity index (χ3n) is 4.02. The molecule has 1 heterocycles. The van der Waals surface area contributed by atoms with Crippen molar-refractivity contribution >= 4 is 15.9 Å². The van der Waals surface area contributed by atoms with Crippen LogP contribution in [0.3, 0.4) is 0 Å². The van der Waals surface area contributed by atoms with Crippen molar-refractivity contribution in [2.75, 3.05) is 0 Å². The number of rotatable bonds is 2. The number of aromatic nitrogens is 1. The van der Waals surface area contributed by atoms with Crippen LogP contribution >= 0.6 is 15.9 Å². The van der Waals surface area contributed by atoms with Crippen molar-refractivity contribution in [1.82, 2.24) is 4.57 Å². The molecule has 0 fully saturated rings. The second-order valence-corrected chi connectivity index (χ2v) is 6.16. The van der Waals surface area contributed by atoms with Crippen molar-refractivity contribution in [3.63, 3.8) is 0 Å². The lowest BCUT2D eigenvalue weighted by Gasteiger charge is -2.25. The van der Waals surface area contributed by atoms with E-state index in [2.05, 4.69) is 15.9 Å². The standard InChI is InChI=1S/C16H16BrFN2O/c17-16-10(3-1-4-12(16)18)9-20-14-6-2-5-13(19)11(14)7-8-15(20)21/h1,3-4,7-8,13H,2,5-6,9,19H2. The fourth-order valence-corrected chi connectivity index (χ4v) is 3.30. The molecule has 0 saturated carbocycles. The summed E-state index contributed by atoms with van der Waals surface area (Å²) < 4.78 is 15.8. The first-order valence-corrected chi connectivity index (χ1v) is 7.78. The highest BCUT2D eigenvalue weighted by atomic mass is 79.9. The van der Waals surface area contributed by atoms with Crippen LogP contribution in [-0.4, -0.2) is 4.57 Å². The van der Waals surface area contributed by atoms with Gasteiger partial charge in [-0.2, -0.15) is 0 Å². The Morgan fingerprint density at radius 2 is 2.14 bits per heavy atom. The molecule has 1 unspecified atom stereocenters. The van der Waals surface area contributed by atoms with Gasteiger partial charge in [-0.25, -0.2) is 4.39 Å². The quantitative estimate of drug-likeness (QED) is 0.904. The number of fused-ring (bicyclic) bond motifs is 1. The zero-order valence-corrected chi connectivity index (χ0v) is 13.1. The Labute approximate surface area is 130 Å². The third-order valence-corrected chi connectivity index (χ3v) is 4.91. The molecule has 1 atom stereocenters. The topological polar surface area (TPSA) is 48.0 Å². The summed E-state index contributed by atoms with van der Waals surface area (Å²) in [6.07, 6.45) is 2.75. The highest BCUT2D eigenvalue weighted by Gasteiger charge is 2.20. The maximum atomic E-state index is 13.6. The van der Waals surface area contributed by atoms with E-state index < -0.39 is 0 Å². The molecular weight excluding hydrogens is 335 g/mol. The highest BCUT2D eigenvalue weighted by molar-refractivity contribution is 9.10. The zero-order chi connectivity index (χ0) is 15.0. The minimum absolute atomic E-state index is 0.0171. The summed E-state index contributed by atoms with van der Waals surface area (Å²) in [5, 5.41) is 0. The van der Waals surface area contributed by atoms with E-state index in [1.54, 1.807) is 16.7 Å². The van der Waals surface area contributed by atoms with E-state index in [1.807, 2.05) is 12.1 Å². The lowest BCUT2D eigenvalue weighted by Crippen LogP contribution is -2.29. The Kier molecular flexibility index (Phi) is 3.95. The van der Waals surface area contributed by atoms with E-state index >= 15 is 0 Å². The van der Waals surface area contributed by atoms with Crippen LogP contribution in [0.5, 0.6) is 0 Å². The minimum Gasteiger partial charge on any atom is -0.324 e. The third kappa shape index (κ3) is 2.68. The Morgan fingerprint density at radius 1 is 1.33 bits per heavy atom. The number of halogens is 2. The summed E-state index contributed by atoms with van der Waals surface area (Å²) in [5.41, 5.74) is 8.83. The van der Waals surface area contributed by atoms with Gasteiger partial charge in [0.05, 0.1) is 11.0 Å². The first-order valence-electron chi connectivity index (χ1n) is 6.99. The molecule has 21 heavy (non-hydrogen) atoms. The van der Waals surface area contributed by atoms with Crippen LogP contribution in [0.2, 0.25) is 0 Å². The van der Waals surface area contributed by atoms with Crippen LogP contribution in [0.25, 0.3) is 0 Å². The Hall–Kier alpha value is -1.46. The predicted molar refractivity (Wildman–Crippen MR) is 83.8 cm³/mol. The Bertz CT molecular complexity index is 742. The number of nitrogens with zero attached hydrogens (tertiary/aromatic N) is 1. The van der Waals surface area contributed by atoms with Gasteiger partial charge in [-0.1, -0.05) is 18.2 Å². The van der Waals surface area contributed by atoms with Crippen LogP contribution in [-0.2, 0) is 13.0 Å². The van der Waals surface area contributed by atoms with E-state index in [0.29, 0.717) is 11.0 Å². The maximum absolute atomic E-state index is 13.6. The molecule has 0 spiro atoms. The smallest absolute Gasteiger partial charge is 0.251 e. The summed E-state index contributed by atoms with van der Waals surface area (Å²) in [6, 6.07) is 8.24. The molecule has 0 radical (unpaired) electrons. The van der Waals surface area contributed by atoms with E-state index in [9.17, 15) is 9.18 Å². The average Bonchev–Trinajstić information content (AvgIpc) is 2.47. The lowest BCUT2D eigenvalue weighted by molar-refractivity contribution is 0.528. The Morgan fingerprint density at radius 3 is 2.95 bits per heavy atom. The molecule has 0 bridgehead atoms. The molecule has 1 aliphatic carbocycles. The fraction of sp³-hybridized carbons (Fsp3) is 0.312. The van der Waals surface area contributed by atoms with Crippen LogP contribution in [0.15, 0.2) is 39.6 Å². The molecule has 0 amide bonds. The maximum Gasteiger partial charge on any atom is 0.251 e. The average molecular weight is 351 g/mol. The van der Waals surface area contributed by atoms with Crippen LogP contribution in [0, 0.1) is 5.82 Å². The van der Waals surface area contributed by atoms with Gasteiger partial charge in [0.2, 0.25) is 0 Å². The summed E-state index contributed by atoms with van der Waals surface area (Å²) in [4.78, 5) is 12.2. The van der Waals surface area contributed by atoms with Crippen molar-refractivity contribution < 1.29 is 4.39 Å². The molecule has 3 nitrogen and oxygen atoms in total. The number of pyridine rings is 1. The summed E-state index contributed by atoms with van der Waals surface area (Å²) in [6.45, 7) is 0.354. The van der Waals surface area contributed by atoms with Gasteiger partial charge in [0, 0.05) is 17.8 Å². The van der Waals surface area contributed by atoms with E-state index in [-0.39, 0.29) is 17.4 Å². The number of hydrogen-bond acceptors (Lipinski definition) is 2. The van der Waals surface area contributed by atoms with Gasteiger partial charge in [0.15, 0.2) is 0 Å². The van der Waals surface area contributed by atoms with Gasteiger partial charge in [-0.15, -0.1) is 0 Å². The van der Waals surface area contributed by atoms with Crippen LogP contribution in [0.4, 0.5) is 4.39 Å². The summed E-state index contributed by atoms with van der Waals surface area (Å²) in [7, 11) is 0. The second-order valence-electron chi connectivity index (χ2n) is 5.37. The molecule has 1 aliphatic rings. The van der Waals surface area contributed by atoms with Gasteiger partial charge >= 0.3 is 0 Å². The van der Waals surface area contributed by atoms with Gasteiger partial charge in [-0.05, 0) is 52.4 Å². The largest absolute Gasteiger partial charge is 0.324 e. The SMILES string of the molecule is NC1CCCc2c1ccc(=O)n2Cc1cccc(F)c1Br. The van der Waals surface area contributed by atoms with Crippen molar-refractivity contribution in [2.24, 2.45) is 5.73 Å². The monoisotopic (exact) mass is 350 g/mol. The lowest BCUT2D eigenvalue weighted by atomic mass is 9.91. The first kappa shape index (κ1) is 14.5. The molecule has 5 heteroatoms. The van der Waals surface area contributed by atoms with Gasteiger partial charge < -0.3 is 10.3 Å². The van der Waals surface area contributed by atoms with Crippen molar-refractivity contribution in [3.05, 3.63) is 67.8 Å². The van der Waals surface area contributed by atoms with E-state index in [1.165, 1.54) is 6.07 Å². The van der Waals surface area contributed by atoms with Gasteiger partial charge in [-0.3, -0.25) is 4.79 Å². The second kappa shape index (κ2) is 5.73. The normalized spacial score (nSPS) is 17.6. The van der Waals surface area contributed by atoms with Crippen LogP contribution < -0.4 is 11.3 Å². The summed E-state index contributed by atoms with van der Waals surface area (Å²) in [5.74, 6) is -0.318. The molecule has 0 aliphatic heterocycles. The molecule has 110 valence electrons. The van der Waals surface area contributed by atoms with Crippen LogP contribution in [0.1, 0.15) is 35.7 Å². The van der Waals surface area contributed by atoms with E-state index in [4.69, 9.17) is 5.73 Å². The molecule has 1 aromatic carbocycles. The number of nitrogens with two attached hydrogens (primary N) is 1. The van der Waals surface area contributed by atoms with Crippen molar-refractivity contribution in [3.8, 4) is 0 Å². The first-order chi connectivity index (χ1) is 10.1. The highest BCUT2D eigenvalue weighted by Crippen LogP contribution is 2.28. The predicted octanol–water partition coefficient (Wildman–Crippen LogP) is 3.13. The number of benzene rings is 1. The molecule has 3 rings (SSSR count). The van der Waals surface area contributed by atoms with Gasteiger partial charge in [0.25, 0.3) is 5.56 Å². The Balaban J connectivity index is 2.09. The van der Waals surface area contributed by atoms with E-state index in [0.717, 1.165) is 36.1 Å². The molecule has 0 saturated heterocycles. The number of hydrogen-bond donors (Lipinski definition) is 1. The molecule has 2 aromatic rings. The van der Waals surface area contributed by atoms with Crippen molar-refractivity contribution in [1.29, 1.82) is 0 Å².